The summed E-state index contributed by atoms with van der Waals surface area (Å²) in [6.07, 6.45) is 2.75. The quantitative estimate of drug-likeness (QED) is 0.713. The Morgan fingerprint density at radius 2 is 1.74 bits per heavy atom. The standard InChI is InChI=1S/C21H26N2O4/c1-5-6-18(24)22-16-9-7-15(8-10-16)12-17(20(26)13(2)3)23-19(25)11-14(4)21(23)27/h7-11,13,17H,5-6,12H2,1-4H3,(H,22,24)/t17-/m0/s1. The predicted molar refractivity (Wildman–Crippen MR) is 103 cm³/mol. The Labute approximate surface area is 159 Å². The van der Waals surface area contributed by atoms with Crippen molar-refractivity contribution in [1.29, 1.82) is 0 Å². The Balaban J connectivity index is 2.19. The van der Waals surface area contributed by atoms with Crippen LogP contribution in [0.25, 0.3) is 0 Å². The molecule has 1 N–H and O–H groups in total. The Morgan fingerprint density at radius 3 is 2.22 bits per heavy atom. The molecule has 1 aliphatic heterocycles. The Bertz CT molecular complexity index is 778. The SMILES string of the molecule is CCCC(=O)Nc1ccc(C[C@@H](C(=O)C(C)C)N2C(=O)C=C(C)C2=O)cc1. The third kappa shape index (κ3) is 4.90. The van der Waals surface area contributed by atoms with E-state index in [-0.39, 0.29) is 24.0 Å². The van der Waals surface area contributed by atoms with E-state index in [1.54, 1.807) is 45.0 Å². The molecule has 0 saturated carbocycles. The first kappa shape index (κ1) is 20.6. The van der Waals surface area contributed by atoms with E-state index in [0.717, 1.165) is 16.9 Å². The number of nitrogens with one attached hydrogen (secondary N) is 1. The first-order chi connectivity index (χ1) is 12.7. The molecular formula is C21H26N2O4. The summed E-state index contributed by atoms with van der Waals surface area (Å²) in [5.74, 6) is -1.36. The highest BCUT2D eigenvalue weighted by Crippen LogP contribution is 2.22. The average molecular weight is 370 g/mol. The number of carbonyl (C=O) groups is 4. The number of ketones is 1. The molecule has 0 bridgehead atoms. The molecule has 2 rings (SSSR count). The van der Waals surface area contributed by atoms with E-state index in [1.807, 2.05) is 6.92 Å². The van der Waals surface area contributed by atoms with Crippen LogP contribution in [-0.2, 0) is 25.6 Å². The molecule has 3 amide bonds. The Morgan fingerprint density at radius 1 is 1.11 bits per heavy atom. The summed E-state index contributed by atoms with van der Waals surface area (Å²) in [4.78, 5) is 50.0. The molecule has 1 aromatic rings. The van der Waals surface area contributed by atoms with Crippen molar-refractivity contribution in [1.82, 2.24) is 4.90 Å². The number of hydrogen-bond acceptors (Lipinski definition) is 4. The van der Waals surface area contributed by atoms with Crippen LogP contribution in [0.15, 0.2) is 35.9 Å². The number of benzene rings is 1. The highest BCUT2D eigenvalue weighted by atomic mass is 16.2. The maximum Gasteiger partial charge on any atom is 0.257 e. The van der Waals surface area contributed by atoms with E-state index < -0.39 is 17.9 Å². The van der Waals surface area contributed by atoms with Crippen LogP contribution in [0.5, 0.6) is 0 Å². The van der Waals surface area contributed by atoms with E-state index in [9.17, 15) is 19.2 Å². The normalized spacial score (nSPS) is 15.1. The molecule has 6 heteroatoms. The van der Waals surface area contributed by atoms with Gasteiger partial charge in [-0.15, -0.1) is 0 Å². The molecule has 0 aliphatic carbocycles. The van der Waals surface area contributed by atoms with Crippen molar-refractivity contribution in [2.75, 3.05) is 5.32 Å². The summed E-state index contributed by atoms with van der Waals surface area (Å²) in [7, 11) is 0. The predicted octanol–water partition coefficient (Wildman–Crippen LogP) is 2.88. The monoisotopic (exact) mass is 370 g/mol. The average Bonchev–Trinajstić information content (AvgIpc) is 2.86. The number of hydrogen-bond donors (Lipinski definition) is 1. The van der Waals surface area contributed by atoms with Crippen molar-refractivity contribution < 1.29 is 19.2 Å². The fourth-order valence-electron chi connectivity index (χ4n) is 3.00. The molecule has 6 nitrogen and oxygen atoms in total. The highest BCUT2D eigenvalue weighted by Gasteiger charge is 2.38. The number of amides is 3. The largest absolute Gasteiger partial charge is 0.326 e. The van der Waals surface area contributed by atoms with Gasteiger partial charge in [0.2, 0.25) is 5.91 Å². The van der Waals surface area contributed by atoms with Gasteiger partial charge in [-0.25, -0.2) is 0 Å². The van der Waals surface area contributed by atoms with Gasteiger partial charge in [0.15, 0.2) is 5.78 Å². The lowest BCUT2D eigenvalue weighted by atomic mass is 9.94. The molecule has 1 aliphatic rings. The second-order valence-electron chi connectivity index (χ2n) is 7.11. The lowest BCUT2D eigenvalue weighted by Gasteiger charge is -2.27. The smallest absolute Gasteiger partial charge is 0.257 e. The van der Waals surface area contributed by atoms with Gasteiger partial charge in [0.05, 0.1) is 0 Å². The van der Waals surface area contributed by atoms with Crippen LogP contribution in [0.1, 0.15) is 46.1 Å². The van der Waals surface area contributed by atoms with Gasteiger partial charge < -0.3 is 5.32 Å². The van der Waals surface area contributed by atoms with Gasteiger partial charge in [-0.1, -0.05) is 32.9 Å². The summed E-state index contributed by atoms with van der Waals surface area (Å²) in [5, 5.41) is 2.81. The Kier molecular flexibility index (Phi) is 6.66. The molecule has 0 aromatic heterocycles. The third-order valence-electron chi connectivity index (χ3n) is 4.49. The molecule has 0 fully saturated rings. The van der Waals surface area contributed by atoms with Gasteiger partial charge in [0, 0.05) is 36.1 Å². The van der Waals surface area contributed by atoms with Gasteiger partial charge in [-0.2, -0.15) is 0 Å². The van der Waals surface area contributed by atoms with Crippen LogP contribution in [0.4, 0.5) is 5.69 Å². The van der Waals surface area contributed by atoms with E-state index in [2.05, 4.69) is 5.32 Å². The fourth-order valence-corrected chi connectivity index (χ4v) is 3.00. The fraction of sp³-hybridized carbons (Fsp3) is 0.429. The molecule has 0 unspecified atom stereocenters. The van der Waals surface area contributed by atoms with Crippen molar-refractivity contribution in [2.24, 2.45) is 5.92 Å². The summed E-state index contributed by atoms with van der Waals surface area (Å²) in [6, 6.07) is 6.29. The topological polar surface area (TPSA) is 83.6 Å². The van der Waals surface area contributed by atoms with E-state index >= 15 is 0 Å². The first-order valence-electron chi connectivity index (χ1n) is 9.23. The van der Waals surface area contributed by atoms with E-state index in [4.69, 9.17) is 0 Å². The molecule has 0 spiro atoms. The van der Waals surface area contributed by atoms with Crippen LogP contribution in [-0.4, -0.2) is 34.4 Å². The maximum atomic E-state index is 12.7. The highest BCUT2D eigenvalue weighted by molar-refractivity contribution is 6.18. The van der Waals surface area contributed by atoms with E-state index in [0.29, 0.717) is 17.7 Å². The van der Waals surface area contributed by atoms with Gasteiger partial charge in [0.25, 0.3) is 11.8 Å². The van der Waals surface area contributed by atoms with Crippen molar-refractivity contribution in [3.63, 3.8) is 0 Å². The van der Waals surface area contributed by atoms with Crippen LogP contribution in [0, 0.1) is 5.92 Å². The molecular weight excluding hydrogens is 344 g/mol. The lowest BCUT2D eigenvalue weighted by molar-refractivity contribution is -0.145. The zero-order valence-electron chi connectivity index (χ0n) is 16.2. The van der Waals surface area contributed by atoms with Crippen LogP contribution in [0.3, 0.4) is 0 Å². The summed E-state index contributed by atoms with van der Waals surface area (Å²) in [6.45, 7) is 7.02. The Hall–Kier alpha value is -2.76. The zero-order chi connectivity index (χ0) is 20.1. The number of rotatable bonds is 8. The van der Waals surface area contributed by atoms with Gasteiger partial charge >= 0.3 is 0 Å². The van der Waals surface area contributed by atoms with Crippen molar-refractivity contribution in [3.05, 3.63) is 41.5 Å². The minimum Gasteiger partial charge on any atom is -0.326 e. The summed E-state index contributed by atoms with van der Waals surface area (Å²) in [5.41, 5.74) is 1.83. The van der Waals surface area contributed by atoms with Crippen LogP contribution >= 0.6 is 0 Å². The van der Waals surface area contributed by atoms with Crippen LogP contribution in [0.2, 0.25) is 0 Å². The summed E-state index contributed by atoms with van der Waals surface area (Å²) < 4.78 is 0. The molecule has 1 heterocycles. The minimum atomic E-state index is -0.834. The molecule has 144 valence electrons. The molecule has 1 atom stereocenters. The number of anilines is 1. The van der Waals surface area contributed by atoms with Crippen molar-refractivity contribution in [2.45, 2.75) is 53.0 Å². The van der Waals surface area contributed by atoms with Gasteiger partial charge in [0.1, 0.15) is 6.04 Å². The van der Waals surface area contributed by atoms with Crippen molar-refractivity contribution in [3.8, 4) is 0 Å². The van der Waals surface area contributed by atoms with Gasteiger partial charge in [-0.05, 0) is 31.0 Å². The lowest BCUT2D eigenvalue weighted by Crippen LogP contribution is -2.48. The molecule has 0 saturated heterocycles. The number of nitrogens with zero attached hydrogens (tertiary/aromatic N) is 1. The minimum absolute atomic E-state index is 0.0482. The molecule has 0 radical (unpaired) electrons. The zero-order valence-corrected chi connectivity index (χ0v) is 16.2. The van der Waals surface area contributed by atoms with Crippen LogP contribution < -0.4 is 5.32 Å². The number of Topliss-reactive ketones (excluding diaryl/α,β-unsaturated/α-hetero) is 1. The van der Waals surface area contributed by atoms with Gasteiger partial charge in [-0.3, -0.25) is 24.1 Å². The second kappa shape index (κ2) is 8.75. The maximum absolute atomic E-state index is 12.7. The number of imide groups is 1. The number of carbonyl (C=O) groups excluding carboxylic acids is 4. The molecule has 1 aromatic carbocycles. The van der Waals surface area contributed by atoms with Crippen molar-refractivity contribution >= 4 is 29.2 Å². The third-order valence-corrected chi connectivity index (χ3v) is 4.49. The first-order valence-corrected chi connectivity index (χ1v) is 9.23. The van der Waals surface area contributed by atoms with E-state index in [1.165, 1.54) is 6.08 Å². The summed E-state index contributed by atoms with van der Waals surface area (Å²) >= 11 is 0. The second-order valence-corrected chi connectivity index (χ2v) is 7.11. The molecule has 27 heavy (non-hydrogen) atoms.